The van der Waals surface area contributed by atoms with Gasteiger partial charge in [-0.1, -0.05) is 47.1 Å². The minimum absolute atomic E-state index is 0.119. The van der Waals surface area contributed by atoms with Gasteiger partial charge in [0.25, 0.3) is 0 Å². The van der Waals surface area contributed by atoms with E-state index in [1.165, 1.54) is 12.1 Å². The summed E-state index contributed by atoms with van der Waals surface area (Å²) in [4.78, 5) is 25.5. The highest BCUT2D eigenvalue weighted by Crippen LogP contribution is 2.47. The van der Waals surface area contributed by atoms with Crippen LogP contribution in [0.1, 0.15) is 37.3 Å². The number of hydrogen-bond acceptors (Lipinski definition) is 4. The first-order valence-electron chi connectivity index (χ1n) is 9.05. The number of esters is 2. The van der Waals surface area contributed by atoms with Crippen LogP contribution in [0.5, 0.6) is 0 Å². The Morgan fingerprint density at radius 2 is 1.79 bits per heavy atom. The average Bonchev–Trinajstić information content (AvgIpc) is 2.69. The summed E-state index contributed by atoms with van der Waals surface area (Å²) >= 11 is 3.41. The number of allylic oxidation sites excluding steroid dienone is 1. The van der Waals surface area contributed by atoms with Crippen LogP contribution in [0.4, 0.5) is 4.39 Å². The predicted octanol–water partition coefficient (Wildman–Crippen LogP) is 5.02. The number of carbonyl (C=O) groups is 2. The van der Waals surface area contributed by atoms with Gasteiger partial charge in [-0.25, -0.2) is 9.18 Å². The fraction of sp³-hybridized carbons (Fsp3) is 0.273. The fourth-order valence-electron chi connectivity index (χ4n) is 3.62. The minimum Gasteiger partial charge on any atom is -0.460 e. The third-order valence-electron chi connectivity index (χ3n) is 5.04. The number of carbonyl (C=O) groups excluding carboxylic acids is 2. The van der Waals surface area contributed by atoms with Crippen molar-refractivity contribution in [1.29, 1.82) is 0 Å². The average molecular weight is 447 g/mol. The lowest BCUT2D eigenvalue weighted by Crippen LogP contribution is -2.45. The predicted molar refractivity (Wildman–Crippen MR) is 106 cm³/mol. The maximum absolute atomic E-state index is 13.5. The van der Waals surface area contributed by atoms with Crippen molar-refractivity contribution in [2.24, 2.45) is 0 Å². The molecule has 0 N–H and O–H groups in total. The lowest BCUT2D eigenvalue weighted by molar-refractivity contribution is -0.157. The molecular formula is C22H20BrFO4. The molecule has 0 fully saturated rings. The highest BCUT2D eigenvalue weighted by Gasteiger charge is 2.51. The summed E-state index contributed by atoms with van der Waals surface area (Å²) < 4.78 is 24.8. The van der Waals surface area contributed by atoms with Crippen molar-refractivity contribution >= 4 is 27.9 Å². The molecule has 0 saturated carbocycles. The van der Waals surface area contributed by atoms with Crippen LogP contribution in [0, 0.1) is 5.82 Å². The molecule has 0 radical (unpaired) electrons. The topological polar surface area (TPSA) is 52.6 Å². The third-order valence-corrected chi connectivity index (χ3v) is 5.57. The van der Waals surface area contributed by atoms with E-state index in [1.807, 2.05) is 31.2 Å². The summed E-state index contributed by atoms with van der Waals surface area (Å²) in [6, 6.07) is 13.4. The first-order chi connectivity index (χ1) is 13.4. The lowest BCUT2D eigenvalue weighted by Gasteiger charge is -2.40. The van der Waals surface area contributed by atoms with Gasteiger partial charge in [-0.05, 0) is 54.8 Å². The zero-order valence-electron chi connectivity index (χ0n) is 15.6. The largest absolute Gasteiger partial charge is 0.460 e. The monoisotopic (exact) mass is 446 g/mol. The summed E-state index contributed by atoms with van der Waals surface area (Å²) in [7, 11) is 0. The van der Waals surface area contributed by atoms with Crippen LogP contribution in [0.2, 0.25) is 0 Å². The number of benzene rings is 2. The molecular weight excluding hydrogens is 427 g/mol. The van der Waals surface area contributed by atoms with Crippen LogP contribution in [0.25, 0.3) is 0 Å². The standard InChI is InChI=1S/C22H20BrFO4/c1-3-22(15-7-11-17(24)12-8-15)18(14-5-9-16(23)10-6-14)13-19(28-21(22)26)20(25)27-4-2/h5-13,18H,3-4H2,1-2H3/t18-,22-/m0/s1. The Morgan fingerprint density at radius 1 is 1.14 bits per heavy atom. The third kappa shape index (κ3) is 3.61. The Kier molecular flexibility index (Phi) is 5.98. The van der Waals surface area contributed by atoms with Crippen molar-refractivity contribution in [2.45, 2.75) is 31.6 Å². The van der Waals surface area contributed by atoms with E-state index in [1.54, 1.807) is 25.1 Å². The van der Waals surface area contributed by atoms with Gasteiger partial charge in [0.15, 0.2) is 0 Å². The summed E-state index contributed by atoms with van der Waals surface area (Å²) in [5, 5.41) is 0. The summed E-state index contributed by atoms with van der Waals surface area (Å²) in [5.41, 5.74) is 0.388. The molecule has 1 aliphatic heterocycles. The van der Waals surface area contributed by atoms with E-state index >= 15 is 0 Å². The highest BCUT2D eigenvalue weighted by molar-refractivity contribution is 9.10. The molecule has 0 unspecified atom stereocenters. The van der Waals surface area contributed by atoms with E-state index in [2.05, 4.69) is 15.9 Å². The van der Waals surface area contributed by atoms with Crippen LogP contribution in [-0.2, 0) is 24.5 Å². The van der Waals surface area contributed by atoms with Gasteiger partial charge in [0, 0.05) is 10.4 Å². The molecule has 0 aromatic heterocycles. The molecule has 0 aliphatic carbocycles. The van der Waals surface area contributed by atoms with Crippen molar-refractivity contribution in [3.05, 3.63) is 81.8 Å². The van der Waals surface area contributed by atoms with Gasteiger partial charge in [0.1, 0.15) is 11.2 Å². The van der Waals surface area contributed by atoms with Gasteiger partial charge in [-0.2, -0.15) is 0 Å². The number of ether oxygens (including phenoxy) is 2. The van der Waals surface area contributed by atoms with E-state index in [0.717, 1.165) is 10.0 Å². The molecule has 2 aromatic carbocycles. The molecule has 0 amide bonds. The second-order valence-corrected chi connectivity index (χ2v) is 7.42. The molecule has 4 nitrogen and oxygen atoms in total. The molecule has 2 aromatic rings. The molecule has 0 saturated heterocycles. The van der Waals surface area contributed by atoms with Gasteiger partial charge < -0.3 is 9.47 Å². The van der Waals surface area contributed by atoms with Crippen molar-refractivity contribution in [2.75, 3.05) is 6.61 Å². The Labute approximate surface area is 171 Å². The van der Waals surface area contributed by atoms with Gasteiger partial charge in [0.05, 0.1) is 6.61 Å². The molecule has 28 heavy (non-hydrogen) atoms. The number of halogens is 2. The molecule has 146 valence electrons. The minimum atomic E-state index is -1.09. The van der Waals surface area contributed by atoms with Gasteiger partial charge in [0.2, 0.25) is 5.76 Å². The van der Waals surface area contributed by atoms with Crippen LogP contribution < -0.4 is 0 Å². The first-order valence-corrected chi connectivity index (χ1v) is 9.84. The van der Waals surface area contributed by atoms with Crippen LogP contribution in [0.3, 0.4) is 0 Å². The van der Waals surface area contributed by atoms with Crippen molar-refractivity contribution in [1.82, 2.24) is 0 Å². The van der Waals surface area contributed by atoms with E-state index in [4.69, 9.17) is 9.47 Å². The zero-order chi connectivity index (χ0) is 20.3. The van der Waals surface area contributed by atoms with Gasteiger partial charge in [-0.15, -0.1) is 0 Å². The smallest absolute Gasteiger partial charge is 0.374 e. The van der Waals surface area contributed by atoms with E-state index in [9.17, 15) is 14.0 Å². The molecule has 3 rings (SSSR count). The molecule has 1 heterocycles. The summed E-state index contributed by atoms with van der Waals surface area (Å²) in [6.07, 6.45) is 2.04. The second-order valence-electron chi connectivity index (χ2n) is 6.50. The molecule has 0 bridgehead atoms. The zero-order valence-corrected chi connectivity index (χ0v) is 17.2. The van der Waals surface area contributed by atoms with Gasteiger partial charge in [-0.3, -0.25) is 4.79 Å². The molecule has 1 aliphatic rings. The molecule has 0 spiro atoms. The number of hydrogen-bond donors (Lipinski definition) is 0. The van der Waals surface area contributed by atoms with Crippen molar-refractivity contribution in [3.8, 4) is 0 Å². The second kappa shape index (κ2) is 8.27. The van der Waals surface area contributed by atoms with Crippen LogP contribution in [-0.4, -0.2) is 18.5 Å². The van der Waals surface area contributed by atoms with Crippen molar-refractivity contribution < 1.29 is 23.5 Å². The Hall–Kier alpha value is -2.47. The Morgan fingerprint density at radius 3 is 2.36 bits per heavy atom. The Bertz CT molecular complexity index is 905. The summed E-state index contributed by atoms with van der Waals surface area (Å²) in [6.45, 7) is 3.73. The maximum Gasteiger partial charge on any atom is 0.374 e. The van der Waals surface area contributed by atoms with Crippen molar-refractivity contribution in [3.63, 3.8) is 0 Å². The van der Waals surface area contributed by atoms with Gasteiger partial charge >= 0.3 is 11.9 Å². The lowest BCUT2D eigenvalue weighted by atomic mass is 9.64. The SMILES string of the molecule is CCOC(=O)C1=C[C@@H](c2ccc(Br)cc2)[C@](CC)(c2ccc(F)cc2)C(=O)O1. The highest BCUT2D eigenvalue weighted by atomic mass is 79.9. The number of cyclic esters (lactones) is 1. The molecule has 2 atom stereocenters. The van der Waals surface area contributed by atoms with E-state index in [0.29, 0.717) is 12.0 Å². The molecule has 6 heteroatoms. The fourth-order valence-corrected chi connectivity index (χ4v) is 3.89. The summed E-state index contributed by atoms with van der Waals surface area (Å²) in [5.74, 6) is -2.22. The quantitative estimate of drug-likeness (QED) is 0.604. The van der Waals surface area contributed by atoms with Crippen LogP contribution in [0.15, 0.2) is 64.8 Å². The normalized spacial score (nSPS) is 21.6. The first kappa shape index (κ1) is 20.3. The van der Waals surface area contributed by atoms with E-state index in [-0.39, 0.29) is 18.2 Å². The van der Waals surface area contributed by atoms with E-state index < -0.39 is 23.3 Å². The Balaban J connectivity index is 2.20. The number of rotatable bonds is 5. The maximum atomic E-state index is 13.5. The van der Waals surface area contributed by atoms with Crippen LogP contribution >= 0.6 is 15.9 Å².